The maximum atomic E-state index is 11.3. The Hall–Kier alpha value is -1.44. The summed E-state index contributed by atoms with van der Waals surface area (Å²) >= 11 is 0. The van der Waals surface area contributed by atoms with Crippen molar-refractivity contribution < 1.29 is 9.59 Å². The zero-order valence-corrected chi connectivity index (χ0v) is 13.6. The highest BCUT2D eigenvalue weighted by Crippen LogP contribution is 2.50. The van der Waals surface area contributed by atoms with Gasteiger partial charge in [0.25, 0.3) is 0 Å². The molecule has 2 atom stereocenters. The number of rotatable bonds is 5. The summed E-state index contributed by atoms with van der Waals surface area (Å²) in [6, 6.07) is 0. The van der Waals surface area contributed by atoms with Crippen LogP contribution in [-0.2, 0) is 9.59 Å². The van der Waals surface area contributed by atoms with Crippen LogP contribution in [0.1, 0.15) is 47.0 Å². The summed E-state index contributed by atoms with van der Waals surface area (Å²) in [5.74, 6) is 0.891. The summed E-state index contributed by atoms with van der Waals surface area (Å²) in [6.07, 6.45) is 13.6. The van der Waals surface area contributed by atoms with Gasteiger partial charge in [0.1, 0.15) is 6.29 Å². The third-order valence-corrected chi connectivity index (χ3v) is 5.21. The van der Waals surface area contributed by atoms with Gasteiger partial charge in [0.2, 0.25) is 0 Å². The van der Waals surface area contributed by atoms with Gasteiger partial charge in [0.15, 0.2) is 5.78 Å². The number of aldehydes is 1. The zero-order chi connectivity index (χ0) is 15.7. The van der Waals surface area contributed by atoms with Crippen molar-refractivity contribution in [2.75, 3.05) is 0 Å². The summed E-state index contributed by atoms with van der Waals surface area (Å²) in [5, 5.41) is 0. The van der Waals surface area contributed by atoms with E-state index < -0.39 is 0 Å². The third-order valence-electron chi connectivity index (χ3n) is 5.21. The minimum absolute atomic E-state index is 0.0393. The van der Waals surface area contributed by atoms with E-state index in [0.29, 0.717) is 11.8 Å². The fourth-order valence-corrected chi connectivity index (χ4v) is 3.95. The molecule has 0 N–H and O–H groups in total. The highest BCUT2D eigenvalue weighted by atomic mass is 16.1. The quantitative estimate of drug-likeness (QED) is 0.707. The van der Waals surface area contributed by atoms with Crippen molar-refractivity contribution in [3.05, 3.63) is 36.0 Å². The standard InChI is InChI=1S/C19H26O2/c1-14(2)17-15(13-20)5-10-19(17,4)12-11-18(3)8-6-16(21)7-9-18/h5-9,13-14,17H,10-12H2,1-4H3/t17-,19+/m0/s1. The zero-order valence-electron chi connectivity index (χ0n) is 13.6. The van der Waals surface area contributed by atoms with Crippen molar-refractivity contribution in [1.82, 2.24) is 0 Å². The van der Waals surface area contributed by atoms with Crippen LogP contribution in [0.15, 0.2) is 36.0 Å². The lowest BCUT2D eigenvalue weighted by Gasteiger charge is -2.38. The number of allylic oxidation sites excluding steroid dienone is 6. The molecule has 2 nitrogen and oxygen atoms in total. The first-order valence-corrected chi connectivity index (χ1v) is 7.87. The molecule has 0 saturated heterocycles. The molecule has 0 aromatic rings. The molecule has 0 aromatic heterocycles. The topological polar surface area (TPSA) is 34.1 Å². The largest absolute Gasteiger partial charge is 0.298 e. The molecule has 0 unspecified atom stereocenters. The van der Waals surface area contributed by atoms with Crippen LogP contribution in [0.2, 0.25) is 0 Å². The molecule has 0 aromatic carbocycles. The fourth-order valence-electron chi connectivity index (χ4n) is 3.95. The minimum Gasteiger partial charge on any atom is -0.298 e. The summed E-state index contributed by atoms with van der Waals surface area (Å²) < 4.78 is 0. The van der Waals surface area contributed by atoms with Crippen LogP contribution in [0.3, 0.4) is 0 Å². The number of ketones is 1. The van der Waals surface area contributed by atoms with Crippen LogP contribution in [0.25, 0.3) is 0 Å². The second-order valence-electron chi connectivity index (χ2n) is 7.48. The third kappa shape index (κ3) is 3.25. The average Bonchev–Trinajstić information content (AvgIpc) is 2.78. The van der Waals surface area contributed by atoms with E-state index >= 15 is 0 Å². The maximum Gasteiger partial charge on any atom is 0.178 e. The van der Waals surface area contributed by atoms with Gasteiger partial charge in [0, 0.05) is 5.41 Å². The van der Waals surface area contributed by atoms with E-state index in [2.05, 4.69) is 33.8 Å². The Morgan fingerprint density at radius 2 is 1.86 bits per heavy atom. The lowest BCUT2D eigenvalue weighted by Crippen LogP contribution is -2.30. The van der Waals surface area contributed by atoms with Crippen LogP contribution in [0.5, 0.6) is 0 Å². The Morgan fingerprint density at radius 1 is 1.24 bits per heavy atom. The van der Waals surface area contributed by atoms with E-state index in [1.165, 1.54) is 0 Å². The van der Waals surface area contributed by atoms with Crippen LogP contribution in [-0.4, -0.2) is 12.1 Å². The lowest BCUT2D eigenvalue weighted by molar-refractivity contribution is -0.110. The SMILES string of the molecule is CC(C)[C@H]1C(C=O)=CC[C@]1(C)CCC1(C)C=CC(=O)C=C1. The highest BCUT2D eigenvalue weighted by molar-refractivity contribution is 6.00. The van der Waals surface area contributed by atoms with Crippen LogP contribution >= 0.6 is 0 Å². The predicted molar refractivity (Wildman–Crippen MR) is 85.8 cm³/mol. The summed E-state index contributed by atoms with van der Waals surface area (Å²) in [6.45, 7) is 8.87. The first-order chi connectivity index (χ1) is 9.80. The molecule has 0 spiro atoms. The van der Waals surface area contributed by atoms with E-state index in [0.717, 1.165) is 31.1 Å². The van der Waals surface area contributed by atoms with Gasteiger partial charge in [-0.2, -0.15) is 0 Å². The molecule has 2 aliphatic rings. The van der Waals surface area contributed by atoms with E-state index in [-0.39, 0.29) is 16.6 Å². The Morgan fingerprint density at radius 3 is 2.38 bits per heavy atom. The molecule has 0 bridgehead atoms. The van der Waals surface area contributed by atoms with Gasteiger partial charge in [-0.25, -0.2) is 0 Å². The molecular weight excluding hydrogens is 260 g/mol. The Balaban J connectivity index is 2.09. The number of carbonyl (C=O) groups excluding carboxylic acids is 2. The molecule has 114 valence electrons. The van der Waals surface area contributed by atoms with Crippen molar-refractivity contribution in [1.29, 1.82) is 0 Å². The van der Waals surface area contributed by atoms with Gasteiger partial charge in [-0.1, -0.05) is 45.9 Å². The van der Waals surface area contributed by atoms with Gasteiger partial charge in [0.05, 0.1) is 0 Å². The summed E-state index contributed by atoms with van der Waals surface area (Å²) in [7, 11) is 0. The molecule has 0 heterocycles. The van der Waals surface area contributed by atoms with E-state index in [9.17, 15) is 9.59 Å². The van der Waals surface area contributed by atoms with Gasteiger partial charge in [-0.05, 0) is 54.2 Å². The van der Waals surface area contributed by atoms with Crippen molar-refractivity contribution in [2.45, 2.75) is 47.0 Å². The minimum atomic E-state index is -0.0393. The molecule has 0 fully saturated rings. The molecule has 2 heteroatoms. The smallest absolute Gasteiger partial charge is 0.178 e. The van der Waals surface area contributed by atoms with Crippen molar-refractivity contribution in [2.24, 2.45) is 22.7 Å². The van der Waals surface area contributed by atoms with Crippen molar-refractivity contribution in [3.63, 3.8) is 0 Å². The van der Waals surface area contributed by atoms with Crippen molar-refractivity contribution >= 4 is 12.1 Å². The summed E-state index contributed by atoms with van der Waals surface area (Å²) in [5.41, 5.74) is 1.08. The van der Waals surface area contributed by atoms with Crippen LogP contribution in [0, 0.1) is 22.7 Å². The molecule has 0 amide bonds. The Labute approximate surface area is 128 Å². The predicted octanol–water partition coefficient (Wildman–Crippen LogP) is 4.28. The van der Waals surface area contributed by atoms with Gasteiger partial charge in [-0.15, -0.1) is 0 Å². The Kier molecular flexibility index (Phi) is 4.36. The van der Waals surface area contributed by atoms with Gasteiger partial charge in [-0.3, -0.25) is 9.59 Å². The maximum absolute atomic E-state index is 11.3. The first-order valence-electron chi connectivity index (χ1n) is 7.87. The second-order valence-corrected chi connectivity index (χ2v) is 7.48. The normalized spacial score (nSPS) is 30.8. The summed E-state index contributed by atoms with van der Waals surface area (Å²) in [4.78, 5) is 22.6. The molecule has 0 aliphatic heterocycles. The number of carbonyl (C=O) groups is 2. The molecule has 0 radical (unpaired) electrons. The fraction of sp³-hybridized carbons (Fsp3) is 0.579. The van der Waals surface area contributed by atoms with E-state index in [1.54, 1.807) is 12.2 Å². The molecule has 0 saturated carbocycles. The molecule has 2 aliphatic carbocycles. The van der Waals surface area contributed by atoms with E-state index in [1.807, 2.05) is 12.2 Å². The van der Waals surface area contributed by atoms with Gasteiger partial charge < -0.3 is 0 Å². The second kappa shape index (κ2) is 5.75. The average molecular weight is 286 g/mol. The van der Waals surface area contributed by atoms with Crippen LogP contribution in [0.4, 0.5) is 0 Å². The first kappa shape index (κ1) is 15.9. The van der Waals surface area contributed by atoms with Gasteiger partial charge >= 0.3 is 0 Å². The molecule has 2 rings (SSSR count). The highest BCUT2D eigenvalue weighted by Gasteiger charge is 2.42. The molecule has 21 heavy (non-hydrogen) atoms. The van der Waals surface area contributed by atoms with E-state index in [4.69, 9.17) is 0 Å². The van der Waals surface area contributed by atoms with Crippen molar-refractivity contribution in [3.8, 4) is 0 Å². The molecular formula is C19H26O2. The lowest BCUT2D eigenvalue weighted by atomic mass is 9.66. The monoisotopic (exact) mass is 286 g/mol. The number of hydrogen-bond acceptors (Lipinski definition) is 2. The van der Waals surface area contributed by atoms with Crippen LogP contribution < -0.4 is 0 Å². The Bertz CT molecular complexity index is 506. The number of hydrogen-bond donors (Lipinski definition) is 0.